The fourth-order valence-electron chi connectivity index (χ4n) is 12.6. The van der Waals surface area contributed by atoms with Gasteiger partial charge in [0, 0.05) is 126 Å². The normalized spacial score (nSPS) is 22.1. The Morgan fingerprint density at radius 1 is 0.932 bits per heavy atom. The highest BCUT2D eigenvalue weighted by Crippen LogP contribution is 2.47. The minimum Gasteiger partial charge on any atom is -0.508 e. The first-order chi connectivity index (χ1) is 35.8. The second-order valence-corrected chi connectivity index (χ2v) is 21.5. The lowest BCUT2D eigenvalue weighted by molar-refractivity contribution is -0.120. The van der Waals surface area contributed by atoms with Crippen LogP contribution in [0.5, 0.6) is 11.8 Å². The Bertz CT molecular complexity index is 3020. The molecule has 6 fully saturated rings. The molecule has 6 aliphatic rings. The van der Waals surface area contributed by atoms with Crippen molar-refractivity contribution >= 4 is 51.0 Å². The molecule has 3 atom stereocenters. The SMILES string of the molecule is C#Cc1c(F)ccc2cc(O)cc(-c3ncc4c(N5CC6CCC(C5)N6)nc(OC[C@@H](CN5CCN(CC6CCC7(CC6)CCN(C(=O)c6ccc(C)c(N8CCC(=O)NC8=O)c6)CC7)CC5)OC)nc4c3F)c12. The molecule has 388 valence electrons. The molecule has 5 aromatic rings. The number of aromatic hydroxyl groups is 1. The zero-order valence-electron chi connectivity index (χ0n) is 42.2. The van der Waals surface area contributed by atoms with Crippen LogP contribution in [0.1, 0.15) is 79.3 Å². The number of hydrogen-bond acceptors (Lipinski definition) is 13. The smallest absolute Gasteiger partial charge is 0.328 e. The molecule has 1 saturated carbocycles. The van der Waals surface area contributed by atoms with Crippen LogP contribution in [0, 0.1) is 42.2 Å². The summed E-state index contributed by atoms with van der Waals surface area (Å²) < 4.78 is 44.4. The number of likely N-dealkylation sites (tertiary alicyclic amines) is 1. The van der Waals surface area contributed by atoms with E-state index in [0.717, 1.165) is 77.1 Å². The van der Waals surface area contributed by atoms with Crippen LogP contribution in [0.3, 0.4) is 0 Å². The van der Waals surface area contributed by atoms with Crippen molar-refractivity contribution in [2.45, 2.75) is 82.9 Å². The zero-order chi connectivity index (χ0) is 51.3. The molecule has 4 amide bonds. The molecule has 16 nitrogen and oxygen atoms in total. The van der Waals surface area contributed by atoms with Crippen molar-refractivity contribution in [1.82, 2.24) is 40.3 Å². The number of pyridine rings is 1. The number of piperazine rings is 2. The number of urea groups is 1. The molecule has 1 spiro atoms. The van der Waals surface area contributed by atoms with Crippen LogP contribution >= 0.6 is 0 Å². The molecule has 5 aliphatic heterocycles. The van der Waals surface area contributed by atoms with Gasteiger partial charge in [-0.15, -0.1) is 6.42 Å². The van der Waals surface area contributed by atoms with Crippen LogP contribution in [0.2, 0.25) is 0 Å². The average Bonchev–Trinajstić information content (AvgIpc) is 3.75. The zero-order valence-corrected chi connectivity index (χ0v) is 42.2. The van der Waals surface area contributed by atoms with Gasteiger partial charge in [0.2, 0.25) is 5.91 Å². The van der Waals surface area contributed by atoms with Crippen LogP contribution in [-0.4, -0.2) is 157 Å². The van der Waals surface area contributed by atoms with Crippen molar-refractivity contribution in [3.8, 4) is 35.4 Å². The van der Waals surface area contributed by atoms with E-state index in [2.05, 4.69) is 41.2 Å². The van der Waals surface area contributed by atoms with Crippen molar-refractivity contribution in [1.29, 1.82) is 0 Å². The maximum Gasteiger partial charge on any atom is 0.328 e. The third-order valence-corrected chi connectivity index (χ3v) is 16.9. The number of benzene rings is 3. The largest absolute Gasteiger partial charge is 0.508 e. The van der Waals surface area contributed by atoms with Crippen molar-refractivity contribution in [2.75, 3.05) is 95.5 Å². The molecule has 2 bridgehead atoms. The lowest BCUT2D eigenvalue weighted by Crippen LogP contribution is -2.51. The number of imide groups is 1. The van der Waals surface area contributed by atoms with Crippen molar-refractivity contribution in [2.24, 2.45) is 11.3 Å². The number of amides is 4. The summed E-state index contributed by atoms with van der Waals surface area (Å²) in [4.78, 5) is 62.8. The lowest BCUT2D eigenvalue weighted by atomic mass is 9.65. The van der Waals surface area contributed by atoms with Gasteiger partial charge >= 0.3 is 12.0 Å². The summed E-state index contributed by atoms with van der Waals surface area (Å²) >= 11 is 0. The summed E-state index contributed by atoms with van der Waals surface area (Å²) in [6.45, 7) is 10.6. The number of fused-ring (bicyclic) bond motifs is 4. The number of piperidine rings is 1. The lowest BCUT2D eigenvalue weighted by Gasteiger charge is -2.47. The molecule has 3 N–H and O–H groups in total. The van der Waals surface area contributed by atoms with E-state index >= 15 is 8.78 Å². The van der Waals surface area contributed by atoms with E-state index in [0.29, 0.717) is 59.9 Å². The molecule has 11 rings (SSSR count). The topological polar surface area (TPSA) is 169 Å². The van der Waals surface area contributed by atoms with E-state index in [9.17, 15) is 19.5 Å². The molecule has 3 aromatic carbocycles. The number of aromatic nitrogens is 3. The molecule has 2 unspecified atom stereocenters. The number of anilines is 2. The molecule has 1 aliphatic carbocycles. The molecule has 7 heterocycles. The van der Waals surface area contributed by atoms with E-state index in [1.54, 1.807) is 18.1 Å². The van der Waals surface area contributed by atoms with Gasteiger partial charge in [-0.1, -0.05) is 18.1 Å². The van der Waals surface area contributed by atoms with E-state index in [1.165, 1.54) is 56.1 Å². The standard InChI is InChI=1S/C56H64F2N10O6/c1-4-42-45(57)10-7-36-25-40(69)27-43(48(36)42)50-49(58)51-44(28-59-50)52(67-30-38-8-9-39(31-67)60-38)63-54(62-51)74-33-41(73-3)32-65-23-21-64(22-24-65)29-35-11-14-56(15-12-35)16-19-66(20-17-56)53(71)37-6-5-34(2)46(26-37)68-18-13-47(70)61-55(68)72/h1,5-7,10,25-28,35,38-39,41,60,69H,8-9,11-24,29-33H2,2-3H3,(H,61,70,72)/t38?,39?,41-/m1/s1. The highest BCUT2D eigenvalue weighted by atomic mass is 19.1. The predicted octanol–water partition coefficient (Wildman–Crippen LogP) is 6.63. The van der Waals surface area contributed by atoms with Gasteiger partial charge in [-0.3, -0.25) is 29.7 Å². The third-order valence-electron chi connectivity index (χ3n) is 16.9. The predicted molar refractivity (Wildman–Crippen MR) is 277 cm³/mol. The molecule has 2 aromatic heterocycles. The first-order valence-electron chi connectivity index (χ1n) is 26.2. The highest BCUT2D eigenvalue weighted by molar-refractivity contribution is 6.07. The van der Waals surface area contributed by atoms with Crippen molar-refractivity contribution in [3.05, 3.63) is 77.0 Å². The van der Waals surface area contributed by atoms with Gasteiger partial charge in [0.15, 0.2) is 5.82 Å². The molecule has 0 radical (unpaired) electrons. The number of phenolic OH excluding ortho intramolecular Hbond substituents is 1. The number of ether oxygens (including phenoxy) is 2. The number of nitrogens with one attached hydrogen (secondary N) is 2. The second kappa shape index (κ2) is 20.7. The molecular weight excluding hydrogens is 947 g/mol. The number of halogens is 2. The maximum atomic E-state index is 17.1. The van der Waals surface area contributed by atoms with Gasteiger partial charge in [0.25, 0.3) is 5.91 Å². The number of terminal acetylenes is 1. The number of carbonyl (C=O) groups is 3. The number of phenols is 1. The first kappa shape index (κ1) is 49.7. The first-order valence-corrected chi connectivity index (χ1v) is 26.2. The van der Waals surface area contributed by atoms with Gasteiger partial charge < -0.3 is 34.6 Å². The summed E-state index contributed by atoms with van der Waals surface area (Å²) in [6.07, 6.45) is 16.0. The van der Waals surface area contributed by atoms with Crippen LogP contribution in [-0.2, 0) is 9.53 Å². The van der Waals surface area contributed by atoms with Crippen molar-refractivity contribution in [3.63, 3.8) is 0 Å². The Kier molecular flexibility index (Phi) is 13.9. The fourth-order valence-corrected chi connectivity index (χ4v) is 12.6. The summed E-state index contributed by atoms with van der Waals surface area (Å²) in [5.41, 5.74) is 2.34. The number of aryl methyl sites for hydroxylation is 1. The molecule has 74 heavy (non-hydrogen) atoms. The summed E-state index contributed by atoms with van der Waals surface area (Å²) in [5, 5.41) is 17.9. The average molecular weight is 1010 g/mol. The van der Waals surface area contributed by atoms with Gasteiger partial charge in [-0.25, -0.2) is 13.6 Å². The number of hydrogen-bond donors (Lipinski definition) is 3. The summed E-state index contributed by atoms with van der Waals surface area (Å²) in [6, 6.07) is 11.1. The molecule has 18 heteroatoms. The van der Waals surface area contributed by atoms with E-state index in [-0.39, 0.29) is 87.9 Å². The van der Waals surface area contributed by atoms with Gasteiger partial charge in [-0.2, -0.15) is 9.97 Å². The van der Waals surface area contributed by atoms with Crippen molar-refractivity contribution < 1.29 is 37.7 Å². The van der Waals surface area contributed by atoms with E-state index < -0.39 is 17.7 Å². The van der Waals surface area contributed by atoms with E-state index in [4.69, 9.17) is 20.9 Å². The number of methoxy groups -OCH3 is 1. The van der Waals surface area contributed by atoms with Gasteiger partial charge in [-0.05, 0) is 111 Å². The third kappa shape index (κ3) is 9.94. The van der Waals surface area contributed by atoms with Crippen LogP contribution in [0.15, 0.2) is 48.7 Å². The summed E-state index contributed by atoms with van der Waals surface area (Å²) in [7, 11) is 1.67. The molecular formula is C56H64F2N10O6. The monoisotopic (exact) mass is 1010 g/mol. The van der Waals surface area contributed by atoms with Crippen LogP contribution < -0.4 is 25.2 Å². The van der Waals surface area contributed by atoms with Crippen LogP contribution in [0.25, 0.3) is 32.9 Å². The van der Waals surface area contributed by atoms with Gasteiger partial charge in [0.1, 0.15) is 41.3 Å². The minimum atomic E-state index is -0.765. The Hall–Kier alpha value is -6.52. The highest BCUT2D eigenvalue weighted by Gasteiger charge is 2.40. The minimum absolute atomic E-state index is 0.00609. The summed E-state index contributed by atoms with van der Waals surface area (Å²) in [5.74, 6) is 1.72. The molecule has 5 saturated heterocycles. The van der Waals surface area contributed by atoms with Crippen LogP contribution in [0.4, 0.5) is 25.1 Å². The van der Waals surface area contributed by atoms with E-state index in [1.807, 2.05) is 24.0 Å². The maximum absolute atomic E-state index is 17.1. The number of rotatable bonds is 12. The number of nitrogens with zero attached hydrogens (tertiary/aromatic N) is 8. The quantitative estimate of drug-likeness (QED) is 0.114. The Morgan fingerprint density at radius 3 is 2.39 bits per heavy atom. The Labute approximate surface area is 429 Å². The van der Waals surface area contributed by atoms with Gasteiger partial charge in [0.05, 0.1) is 10.9 Å². The number of carbonyl (C=O) groups excluding carboxylic acids is 3. The fraction of sp³-hybridized carbons (Fsp3) is 0.500. The Morgan fingerprint density at radius 2 is 1.68 bits per heavy atom. The Balaban J connectivity index is 0.692. The second-order valence-electron chi connectivity index (χ2n) is 21.5.